The van der Waals surface area contributed by atoms with Gasteiger partial charge in [-0.2, -0.15) is 15.8 Å². The zero-order valence-electron chi connectivity index (χ0n) is 46.8. The summed E-state index contributed by atoms with van der Waals surface area (Å²) in [4.78, 5) is 47.9. The Morgan fingerprint density at radius 1 is 0.427 bits per heavy atom. The lowest BCUT2D eigenvalue weighted by Crippen LogP contribution is -3.12. The van der Waals surface area contributed by atoms with Crippen LogP contribution < -0.4 is 30.0 Å². The molecule has 6 atom stereocenters. The predicted octanol–water partition coefficient (Wildman–Crippen LogP) is 7.54. The smallest absolute Gasteiger partial charge is 0.206 e. The zero-order chi connectivity index (χ0) is 55.5. The van der Waals surface area contributed by atoms with E-state index in [2.05, 4.69) is 54.0 Å². The van der Waals surface area contributed by atoms with E-state index < -0.39 is 34.6 Å². The van der Waals surface area contributed by atoms with Crippen LogP contribution in [0, 0.1) is 34.0 Å². The first-order valence-electron chi connectivity index (χ1n) is 28.6. The van der Waals surface area contributed by atoms with Crippen LogP contribution in [-0.4, -0.2) is 53.5 Å². The van der Waals surface area contributed by atoms with Gasteiger partial charge < -0.3 is 29.7 Å². The van der Waals surface area contributed by atoms with Crippen molar-refractivity contribution in [3.63, 3.8) is 0 Å². The number of nitrogens with zero attached hydrogens (tertiary/aromatic N) is 6. The van der Waals surface area contributed by atoms with Gasteiger partial charge >= 0.3 is 0 Å². The number of carboxylic acid groups (broad SMARTS) is 3. The molecule has 0 saturated heterocycles. The van der Waals surface area contributed by atoms with E-state index in [1.165, 1.54) is 173 Å². The first-order chi connectivity index (χ1) is 36.3. The van der Waals surface area contributed by atoms with Crippen molar-refractivity contribution in [3.8, 4) is 18.2 Å². The Labute approximate surface area is 451 Å². The van der Waals surface area contributed by atoms with E-state index in [1.807, 2.05) is 58.0 Å². The van der Waals surface area contributed by atoms with Crippen LogP contribution in [0.3, 0.4) is 0 Å². The van der Waals surface area contributed by atoms with Crippen molar-refractivity contribution in [2.45, 2.75) is 252 Å². The fraction of sp³-hybridized carbons (Fsp3) is 0.650. The normalized spacial score (nSPS) is 17.0. The molecule has 0 spiro atoms. The molecule has 0 radical (unpaired) electrons. The van der Waals surface area contributed by atoms with Crippen LogP contribution in [0.1, 0.15) is 265 Å². The highest BCUT2D eigenvalue weighted by Gasteiger charge is 2.26. The molecule has 1 aromatic carbocycles. The van der Waals surface area contributed by atoms with E-state index in [0.29, 0.717) is 6.07 Å². The Kier molecular flexibility index (Phi) is 38.9. The number of benzene rings is 1. The van der Waals surface area contributed by atoms with E-state index in [9.17, 15) is 29.7 Å². The van der Waals surface area contributed by atoms with Crippen molar-refractivity contribution in [1.82, 2.24) is 0 Å². The first-order valence-corrected chi connectivity index (χ1v) is 28.6. The number of unbranched alkanes of at least 4 members (excludes halogenated alkanes) is 24. The molecule has 15 heteroatoms. The summed E-state index contributed by atoms with van der Waals surface area (Å²) in [5.74, 6) is -1.70. The molecular weight excluding hydrogens is 943 g/mol. The number of nitriles is 3. The van der Waals surface area contributed by atoms with Gasteiger partial charge in [-0.25, -0.2) is 29.7 Å². The average molecular weight is 1040 g/mol. The summed E-state index contributed by atoms with van der Waals surface area (Å²) in [6.45, 7) is 12.7. The first kappa shape index (κ1) is 67.2. The topological polar surface area (TPSA) is 242 Å². The molecule has 0 aliphatic carbocycles. The van der Waals surface area contributed by atoms with E-state index in [0.717, 1.165) is 63.6 Å². The molecule has 15 nitrogen and oxygen atoms in total. The lowest BCUT2D eigenvalue weighted by atomic mass is 10.0. The number of nitrogens with one attached hydrogen (secondary N) is 3. The quantitative estimate of drug-likeness (QED) is 0.0562. The SMILES string of the molecule is CCCCCCCCCCCC1=NC=C[NH+]1C(C)C#N.CCCCCCCCCCCC1=NC=C[NH+]1C(C)C#N.CCCCCCCCCCCC1=NC=C[NH+]1C(C)C#N.O=C([O-])c1ccc(C(=O)[O-])c(C(=O)[O-])c1. The van der Waals surface area contributed by atoms with E-state index in [-0.39, 0.29) is 18.1 Å². The number of carboxylic acids is 3. The van der Waals surface area contributed by atoms with Gasteiger partial charge in [-0.3, -0.25) is 0 Å². The Hall–Kier alpha value is -5.79. The number of quaternary nitrogens is 3. The highest BCUT2D eigenvalue weighted by molar-refractivity contribution is 6.02. The van der Waals surface area contributed by atoms with Crippen molar-refractivity contribution in [2.75, 3.05) is 0 Å². The summed E-state index contributed by atoms with van der Waals surface area (Å²) in [7, 11) is 0. The molecule has 4 rings (SSSR count). The second-order valence-electron chi connectivity index (χ2n) is 20.0. The maximum absolute atomic E-state index is 10.5. The molecule has 0 fully saturated rings. The third kappa shape index (κ3) is 29.8. The third-order valence-electron chi connectivity index (χ3n) is 13.7. The lowest BCUT2D eigenvalue weighted by molar-refractivity contribution is -0.764. The van der Waals surface area contributed by atoms with Gasteiger partial charge in [0.1, 0.15) is 36.8 Å². The number of aromatic carboxylic acids is 3. The number of hydrogen-bond donors (Lipinski definition) is 3. The molecule has 3 aliphatic rings. The van der Waals surface area contributed by atoms with Crippen LogP contribution in [-0.2, 0) is 0 Å². The molecule has 0 amide bonds. The Balaban J connectivity index is 0.000000503. The van der Waals surface area contributed by atoms with Crippen molar-refractivity contribution < 1.29 is 44.4 Å². The predicted molar refractivity (Wildman–Crippen MR) is 293 cm³/mol. The minimum Gasteiger partial charge on any atom is -0.545 e. The zero-order valence-corrected chi connectivity index (χ0v) is 46.8. The van der Waals surface area contributed by atoms with Crippen LogP contribution in [0.25, 0.3) is 0 Å². The maximum Gasteiger partial charge on any atom is 0.206 e. The monoisotopic (exact) mass is 1040 g/mol. The van der Waals surface area contributed by atoms with Crippen LogP contribution in [0.4, 0.5) is 0 Å². The summed E-state index contributed by atoms with van der Waals surface area (Å²) in [5.41, 5.74) is -1.84. The number of amidine groups is 3. The van der Waals surface area contributed by atoms with E-state index in [1.54, 1.807) is 0 Å². The summed E-state index contributed by atoms with van der Waals surface area (Å²) in [6, 6.07) is 9.21. The van der Waals surface area contributed by atoms with E-state index in [4.69, 9.17) is 15.8 Å². The van der Waals surface area contributed by atoms with Gasteiger partial charge in [0, 0.05) is 51.2 Å². The van der Waals surface area contributed by atoms with Crippen molar-refractivity contribution in [1.29, 1.82) is 15.8 Å². The number of carbonyl (C=O) groups is 3. The molecule has 0 aromatic heterocycles. The Morgan fingerprint density at radius 3 is 0.933 bits per heavy atom. The molecule has 3 heterocycles. The molecule has 414 valence electrons. The fourth-order valence-corrected chi connectivity index (χ4v) is 8.98. The van der Waals surface area contributed by atoms with Gasteiger partial charge in [-0.15, -0.1) is 0 Å². The lowest BCUT2D eigenvalue weighted by Gasteiger charge is -2.14. The summed E-state index contributed by atoms with van der Waals surface area (Å²) >= 11 is 0. The molecule has 75 heavy (non-hydrogen) atoms. The standard InChI is InChI=1S/3C17H29N3.C9H6O6/c3*1-3-4-5-6-7-8-9-10-11-12-17-19-13-14-20(17)16(2)15-18;10-7(11)4-1-2-5(8(12)13)6(3-4)9(14)15/h3*13-14,16H,3-12H2,1-2H3;1-3H,(H,10,11)(H,12,13)(H,14,15). The summed E-state index contributed by atoms with van der Waals surface area (Å²) in [6.07, 6.45) is 51.0. The van der Waals surface area contributed by atoms with Crippen LogP contribution in [0.15, 0.2) is 70.4 Å². The largest absolute Gasteiger partial charge is 0.545 e. The van der Waals surface area contributed by atoms with Gasteiger partial charge in [0.2, 0.25) is 17.5 Å². The second-order valence-corrected chi connectivity index (χ2v) is 20.0. The van der Waals surface area contributed by atoms with Crippen LogP contribution in [0.5, 0.6) is 0 Å². The van der Waals surface area contributed by atoms with Gasteiger partial charge in [0.15, 0.2) is 18.1 Å². The number of hydrogen-bond acceptors (Lipinski definition) is 12. The molecule has 0 bridgehead atoms. The van der Waals surface area contributed by atoms with Crippen LogP contribution in [0.2, 0.25) is 0 Å². The van der Waals surface area contributed by atoms with Gasteiger partial charge in [0.05, 0.1) is 36.5 Å². The molecule has 6 unspecified atom stereocenters. The highest BCUT2D eigenvalue weighted by Crippen LogP contribution is 2.14. The maximum atomic E-state index is 10.5. The minimum atomic E-state index is -1.79. The summed E-state index contributed by atoms with van der Waals surface area (Å²) in [5, 5.41) is 58.2. The van der Waals surface area contributed by atoms with Gasteiger partial charge in [-0.1, -0.05) is 187 Å². The number of carbonyl (C=O) groups excluding carboxylic acids is 3. The molecule has 1 aromatic rings. The van der Waals surface area contributed by atoms with Crippen molar-refractivity contribution >= 4 is 35.4 Å². The number of rotatable bonds is 36. The summed E-state index contributed by atoms with van der Waals surface area (Å²) < 4.78 is 0. The average Bonchev–Trinajstić information content (AvgIpc) is 4.21. The molecule has 0 saturated carbocycles. The molecule has 3 N–H and O–H groups in total. The molecular formula is C60H93N9O6. The minimum absolute atomic E-state index is 0.0222. The second kappa shape index (κ2) is 43.4. The number of aliphatic imine (C=N–C) groups is 3. The van der Waals surface area contributed by atoms with Crippen molar-refractivity contribution in [3.05, 3.63) is 72.1 Å². The third-order valence-corrected chi connectivity index (χ3v) is 13.7. The van der Waals surface area contributed by atoms with Crippen LogP contribution >= 0.6 is 0 Å². The van der Waals surface area contributed by atoms with Gasteiger partial charge in [-0.05, 0) is 30.9 Å². The van der Waals surface area contributed by atoms with Gasteiger partial charge in [0.25, 0.3) is 0 Å². The Bertz CT molecular complexity index is 1940. The Morgan fingerprint density at radius 2 is 0.693 bits per heavy atom. The fourth-order valence-electron chi connectivity index (χ4n) is 8.98. The highest BCUT2D eigenvalue weighted by atomic mass is 16.4. The molecule has 3 aliphatic heterocycles. The van der Waals surface area contributed by atoms with E-state index >= 15 is 0 Å². The van der Waals surface area contributed by atoms with Crippen molar-refractivity contribution in [2.24, 2.45) is 15.0 Å².